The number of sulfonamides is 1. The van der Waals surface area contributed by atoms with Gasteiger partial charge in [-0.1, -0.05) is 0 Å². The topological polar surface area (TPSA) is 84.0 Å². The second kappa shape index (κ2) is 5.87. The highest BCUT2D eigenvalue weighted by atomic mass is 32.2. The highest BCUT2D eigenvalue weighted by Gasteiger charge is 2.19. The van der Waals surface area contributed by atoms with Crippen molar-refractivity contribution in [3.8, 4) is 0 Å². The fourth-order valence-corrected chi connectivity index (χ4v) is 2.90. The predicted octanol–water partition coefficient (Wildman–Crippen LogP) is 2.02. The normalized spacial score (nSPS) is 11.1. The molecule has 0 aromatic carbocycles. The van der Waals surface area contributed by atoms with Crippen molar-refractivity contribution < 1.29 is 8.42 Å². The molecule has 7 heteroatoms. The highest BCUT2D eigenvalue weighted by molar-refractivity contribution is 7.92. The van der Waals surface area contributed by atoms with Gasteiger partial charge in [0.25, 0.3) is 10.0 Å². The van der Waals surface area contributed by atoms with Gasteiger partial charge in [-0.25, -0.2) is 13.4 Å². The first-order valence-corrected chi connectivity index (χ1v) is 7.64. The Balaban J connectivity index is 2.36. The molecule has 2 heterocycles. The summed E-state index contributed by atoms with van der Waals surface area (Å²) in [6.45, 7) is 4.31. The molecule has 0 amide bonds. The standard InChI is InChI=1S/C13H16N4O2S/c1-3-15-13-12(5-4-6-16-13)20(18,19)17-11-7-10(2)8-14-9-11/h4-9,17H,3H2,1-2H3,(H,15,16). The van der Waals surface area contributed by atoms with E-state index < -0.39 is 10.0 Å². The molecule has 0 atom stereocenters. The van der Waals surface area contributed by atoms with Crippen LogP contribution < -0.4 is 10.0 Å². The van der Waals surface area contributed by atoms with E-state index in [1.54, 1.807) is 24.5 Å². The van der Waals surface area contributed by atoms with E-state index in [-0.39, 0.29) is 4.90 Å². The number of hydrogen-bond acceptors (Lipinski definition) is 5. The van der Waals surface area contributed by atoms with E-state index in [1.807, 2.05) is 13.8 Å². The molecule has 0 bridgehead atoms. The lowest BCUT2D eigenvalue weighted by Gasteiger charge is -2.12. The maximum Gasteiger partial charge on any atom is 0.265 e. The molecule has 0 fully saturated rings. The minimum atomic E-state index is -3.70. The molecule has 0 saturated heterocycles. The molecule has 0 spiro atoms. The Hall–Kier alpha value is -2.15. The van der Waals surface area contributed by atoms with E-state index in [1.165, 1.54) is 12.3 Å². The summed E-state index contributed by atoms with van der Waals surface area (Å²) in [5.74, 6) is 0.336. The molecule has 6 nitrogen and oxygen atoms in total. The molecule has 2 aromatic heterocycles. The molecule has 106 valence electrons. The van der Waals surface area contributed by atoms with Crippen molar-refractivity contribution in [2.45, 2.75) is 18.7 Å². The lowest BCUT2D eigenvalue weighted by atomic mass is 10.3. The van der Waals surface area contributed by atoms with Crippen molar-refractivity contribution in [3.63, 3.8) is 0 Å². The van der Waals surface area contributed by atoms with Gasteiger partial charge in [-0.15, -0.1) is 0 Å². The van der Waals surface area contributed by atoms with Crippen LogP contribution in [0.3, 0.4) is 0 Å². The van der Waals surface area contributed by atoms with Gasteiger partial charge in [0, 0.05) is 18.9 Å². The Bertz CT molecular complexity index is 701. The number of aromatic nitrogens is 2. The number of nitrogens with zero attached hydrogens (tertiary/aromatic N) is 2. The Morgan fingerprint density at radius 1 is 1.30 bits per heavy atom. The van der Waals surface area contributed by atoms with Crippen molar-refractivity contribution in [3.05, 3.63) is 42.4 Å². The lowest BCUT2D eigenvalue weighted by Crippen LogP contribution is -2.16. The van der Waals surface area contributed by atoms with Gasteiger partial charge in [0.2, 0.25) is 0 Å². The summed E-state index contributed by atoms with van der Waals surface area (Å²) in [5.41, 5.74) is 1.31. The van der Waals surface area contributed by atoms with Crippen LogP contribution in [0.1, 0.15) is 12.5 Å². The zero-order chi connectivity index (χ0) is 14.6. The fourth-order valence-electron chi connectivity index (χ4n) is 1.73. The fraction of sp³-hybridized carbons (Fsp3) is 0.231. The third-order valence-corrected chi connectivity index (χ3v) is 3.94. The maximum absolute atomic E-state index is 12.4. The number of aryl methyl sites for hydroxylation is 1. The largest absolute Gasteiger partial charge is 0.369 e. The number of rotatable bonds is 5. The molecule has 2 aromatic rings. The average Bonchev–Trinajstić information content (AvgIpc) is 2.39. The zero-order valence-corrected chi connectivity index (χ0v) is 12.1. The van der Waals surface area contributed by atoms with Crippen molar-refractivity contribution in [1.82, 2.24) is 9.97 Å². The summed E-state index contributed by atoms with van der Waals surface area (Å²) in [5, 5.41) is 2.93. The molecular formula is C13H16N4O2S. The van der Waals surface area contributed by atoms with Crippen LogP contribution in [-0.4, -0.2) is 24.9 Å². The molecule has 0 saturated carbocycles. The Labute approximate surface area is 118 Å². The Morgan fingerprint density at radius 3 is 2.80 bits per heavy atom. The smallest absolute Gasteiger partial charge is 0.265 e. The number of pyridine rings is 2. The average molecular weight is 292 g/mol. The van der Waals surface area contributed by atoms with Crippen LogP contribution >= 0.6 is 0 Å². The van der Waals surface area contributed by atoms with Gasteiger partial charge < -0.3 is 5.32 Å². The second-order valence-corrected chi connectivity index (χ2v) is 5.89. The van der Waals surface area contributed by atoms with E-state index in [9.17, 15) is 8.42 Å². The number of nitrogens with one attached hydrogen (secondary N) is 2. The second-order valence-electron chi connectivity index (χ2n) is 4.24. The van der Waals surface area contributed by atoms with E-state index in [2.05, 4.69) is 20.0 Å². The summed E-state index contributed by atoms with van der Waals surface area (Å²) in [6.07, 6.45) is 4.67. The van der Waals surface area contributed by atoms with Crippen molar-refractivity contribution in [1.29, 1.82) is 0 Å². The first-order valence-electron chi connectivity index (χ1n) is 6.16. The monoisotopic (exact) mass is 292 g/mol. The van der Waals surface area contributed by atoms with Gasteiger partial charge in [0.15, 0.2) is 0 Å². The van der Waals surface area contributed by atoms with Crippen molar-refractivity contribution >= 4 is 21.5 Å². The molecule has 0 unspecified atom stereocenters. The first-order chi connectivity index (χ1) is 9.53. The van der Waals surface area contributed by atoms with Gasteiger partial charge in [0.05, 0.1) is 11.9 Å². The minimum Gasteiger partial charge on any atom is -0.369 e. The van der Waals surface area contributed by atoms with Crippen LogP contribution in [0.25, 0.3) is 0 Å². The van der Waals surface area contributed by atoms with Gasteiger partial charge in [0.1, 0.15) is 10.7 Å². The van der Waals surface area contributed by atoms with Gasteiger partial charge in [-0.05, 0) is 37.6 Å². The van der Waals surface area contributed by atoms with E-state index in [4.69, 9.17) is 0 Å². The van der Waals surface area contributed by atoms with Crippen LogP contribution in [-0.2, 0) is 10.0 Å². The third kappa shape index (κ3) is 3.24. The quantitative estimate of drug-likeness (QED) is 0.880. The van der Waals surface area contributed by atoms with E-state index in [0.29, 0.717) is 18.1 Å². The zero-order valence-electron chi connectivity index (χ0n) is 11.3. The van der Waals surface area contributed by atoms with Crippen molar-refractivity contribution in [2.75, 3.05) is 16.6 Å². The summed E-state index contributed by atoms with van der Waals surface area (Å²) in [7, 11) is -3.70. The minimum absolute atomic E-state index is 0.114. The number of anilines is 2. The van der Waals surface area contributed by atoms with Gasteiger partial charge >= 0.3 is 0 Å². The molecule has 0 radical (unpaired) electrons. The van der Waals surface area contributed by atoms with Crippen molar-refractivity contribution in [2.24, 2.45) is 0 Å². The summed E-state index contributed by atoms with van der Waals surface area (Å²) < 4.78 is 27.3. The highest BCUT2D eigenvalue weighted by Crippen LogP contribution is 2.21. The van der Waals surface area contributed by atoms with Crippen LogP contribution in [0.5, 0.6) is 0 Å². The van der Waals surface area contributed by atoms with Crippen LogP contribution in [0.4, 0.5) is 11.5 Å². The molecule has 0 aliphatic heterocycles. The Morgan fingerprint density at radius 2 is 2.10 bits per heavy atom. The summed E-state index contributed by atoms with van der Waals surface area (Å²) in [4.78, 5) is 8.12. The maximum atomic E-state index is 12.4. The number of hydrogen-bond donors (Lipinski definition) is 2. The molecule has 0 aliphatic carbocycles. The molecule has 20 heavy (non-hydrogen) atoms. The van der Waals surface area contributed by atoms with E-state index in [0.717, 1.165) is 5.56 Å². The van der Waals surface area contributed by atoms with Crippen LogP contribution in [0.15, 0.2) is 41.7 Å². The van der Waals surface area contributed by atoms with Gasteiger partial charge in [-0.2, -0.15) is 0 Å². The van der Waals surface area contributed by atoms with Crippen LogP contribution in [0, 0.1) is 6.92 Å². The molecular weight excluding hydrogens is 276 g/mol. The third-order valence-electron chi connectivity index (χ3n) is 2.53. The summed E-state index contributed by atoms with van der Waals surface area (Å²) in [6, 6.07) is 4.81. The Kier molecular flexibility index (Phi) is 4.19. The molecule has 2 N–H and O–H groups in total. The lowest BCUT2D eigenvalue weighted by molar-refractivity contribution is 0.601. The van der Waals surface area contributed by atoms with Gasteiger partial charge in [-0.3, -0.25) is 9.71 Å². The molecule has 0 aliphatic rings. The van der Waals surface area contributed by atoms with Crippen LogP contribution in [0.2, 0.25) is 0 Å². The predicted molar refractivity (Wildman–Crippen MR) is 78.2 cm³/mol. The SMILES string of the molecule is CCNc1ncccc1S(=O)(=O)Nc1cncc(C)c1. The summed E-state index contributed by atoms with van der Waals surface area (Å²) >= 11 is 0. The van der Waals surface area contributed by atoms with E-state index >= 15 is 0 Å². The first kappa shape index (κ1) is 14.3. The molecule has 2 rings (SSSR count).